The van der Waals surface area contributed by atoms with Gasteiger partial charge in [-0.3, -0.25) is 0 Å². The van der Waals surface area contributed by atoms with E-state index < -0.39 is 0 Å². The van der Waals surface area contributed by atoms with Crippen LogP contribution in [0.15, 0.2) is 24.3 Å². The summed E-state index contributed by atoms with van der Waals surface area (Å²) < 4.78 is 5.40. The van der Waals surface area contributed by atoms with Gasteiger partial charge in [0.15, 0.2) is 0 Å². The van der Waals surface area contributed by atoms with Crippen LogP contribution >= 0.6 is 0 Å². The molecule has 1 fully saturated rings. The van der Waals surface area contributed by atoms with Gasteiger partial charge in [-0.15, -0.1) is 0 Å². The van der Waals surface area contributed by atoms with Gasteiger partial charge >= 0.3 is 6.03 Å². The van der Waals surface area contributed by atoms with Crippen LogP contribution in [0.5, 0.6) is 0 Å². The Balaban J connectivity index is 2.04. The number of carbonyl (C=O) groups is 1. The quantitative estimate of drug-likeness (QED) is 0.875. The van der Waals surface area contributed by atoms with Crippen LogP contribution in [0.1, 0.15) is 37.9 Å². The molecule has 0 spiro atoms. The topological polar surface area (TPSA) is 61.8 Å². The number of hydrogen-bond acceptors (Lipinski definition) is 3. The molecule has 128 valence electrons. The van der Waals surface area contributed by atoms with Gasteiger partial charge in [0.2, 0.25) is 0 Å². The summed E-state index contributed by atoms with van der Waals surface area (Å²) in [4.78, 5) is 14.3. The SMILES string of the molecule is CCc1ccc([C@@H](NC(=O)N2CCO[C@@H](CO)C2)C(C)C)cc1. The lowest BCUT2D eigenvalue weighted by atomic mass is 9.95. The van der Waals surface area contributed by atoms with Crippen LogP contribution in [0.4, 0.5) is 4.79 Å². The summed E-state index contributed by atoms with van der Waals surface area (Å²) in [5.41, 5.74) is 2.42. The third-order valence-corrected chi connectivity index (χ3v) is 4.32. The molecule has 0 aliphatic carbocycles. The molecule has 0 saturated carbocycles. The fourth-order valence-corrected chi connectivity index (χ4v) is 2.83. The average molecular weight is 320 g/mol. The second-order valence-corrected chi connectivity index (χ2v) is 6.39. The number of ether oxygens (including phenoxy) is 1. The van der Waals surface area contributed by atoms with Crippen molar-refractivity contribution in [2.45, 2.75) is 39.3 Å². The Hall–Kier alpha value is -1.59. The fourth-order valence-electron chi connectivity index (χ4n) is 2.83. The van der Waals surface area contributed by atoms with Crippen LogP contribution in [0.3, 0.4) is 0 Å². The normalized spacial score (nSPS) is 19.7. The van der Waals surface area contributed by atoms with Crippen LogP contribution in [0, 0.1) is 5.92 Å². The van der Waals surface area contributed by atoms with E-state index in [0.29, 0.717) is 25.6 Å². The number of carbonyl (C=O) groups excluding carboxylic acids is 1. The molecule has 1 aliphatic rings. The molecule has 0 aromatic heterocycles. The monoisotopic (exact) mass is 320 g/mol. The molecule has 23 heavy (non-hydrogen) atoms. The van der Waals surface area contributed by atoms with Crippen LogP contribution in [-0.2, 0) is 11.2 Å². The van der Waals surface area contributed by atoms with Gasteiger partial charge in [-0.25, -0.2) is 4.79 Å². The summed E-state index contributed by atoms with van der Waals surface area (Å²) in [6.45, 7) is 7.74. The van der Waals surface area contributed by atoms with Crippen molar-refractivity contribution in [1.82, 2.24) is 10.2 Å². The summed E-state index contributed by atoms with van der Waals surface area (Å²) in [5, 5.41) is 12.3. The third kappa shape index (κ3) is 4.69. The van der Waals surface area contributed by atoms with Crippen molar-refractivity contribution in [2.75, 3.05) is 26.3 Å². The number of hydrogen-bond donors (Lipinski definition) is 2. The second kappa shape index (κ2) is 8.31. The van der Waals surface area contributed by atoms with Crippen molar-refractivity contribution in [2.24, 2.45) is 5.92 Å². The van der Waals surface area contributed by atoms with E-state index in [2.05, 4.69) is 50.4 Å². The third-order valence-electron chi connectivity index (χ3n) is 4.32. The number of morpholine rings is 1. The summed E-state index contributed by atoms with van der Waals surface area (Å²) in [7, 11) is 0. The summed E-state index contributed by atoms with van der Waals surface area (Å²) in [6, 6.07) is 8.31. The lowest BCUT2D eigenvalue weighted by molar-refractivity contribution is -0.0406. The standard InChI is InChI=1S/C18H28N2O3/c1-4-14-5-7-15(8-6-14)17(13(2)3)19-18(22)20-9-10-23-16(11-20)12-21/h5-8,13,16-17,21H,4,9-12H2,1-3H3,(H,19,22)/t16-,17+/m1/s1. The highest BCUT2D eigenvalue weighted by atomic mass is 16.5. The van der Waals surface area contributed by atoms with E-state index in [1.54, 1.807) is 4.90 Å². The van der Waals surface area contributed by atoms with Gasteiger partial charge in [0.05, 0.1) is 31.9 Å². The number of aliphatic hydroxyl groups is 1. The maximum absolute atomic E-state index is 12.5. The van der Waals surface area contributed by atoms with Gasteiger partial charge in [0.1, 0.15) is 0 Å². The molecule has 0 radical (unpaired) electrons. The minimum atomic E-state index is -0.282. The number of urea groups is 1. The van der Waals surface area contributed by atoms with Gasteiger partial charge in [-0.1, -0.05) is 45.0 Å². The van der Waals surface area contributed by atoms with Gasteiger partial charge in [0.25, 0.3) is 0 Å². The number of nitrogens with zero attached hydrogens (tertiary/aromatic N) is 1. The van der Waals surface area contributed by atoms with E-state index in [-0.39, 0.29) is 24.8 Å². The van der Waals surface area contributed by atoms with E-state index >= 15 is 0 Å². The first-order chi connectivity index (χ1) is 11.0. The van der Waals surface area contributed by atoms with E-state index in [4.69, 9.17) is 4.74 Å². The molecule has 0 unspecified atom stereocenters. The zero-order valence-corrected chi connectivity index (χ0v) is 14.3. The smallest absolute Gasteiger partial charge is 0.318 e. The number of nitrogens with one attached hydrogen (secondary N) is 1. The molecule has 1 aromatic carbocycles. The molecule has 2 N–H and O–H groups in total. The molecule has 2 atom stereocenters. The van der Waals surface area contributed by atoms with E-state index in [1.165, 1.54) is 5.56 Å². The van der Waals surface area contributed by atoms with E-state index in [1.807, 2.05) is 0 Å². The van der Waals surface area contributed by atoms with Crippen LogP contribution < -0.4 is 5.32 Å². The van der Waals surface area contributed by atoms with Crippen molar-refractivity contribution in [1.29, 1.82) is 0 Å². The molecule has 1 saturated heterocycles. The van der Waals surface area contributed by atoms with Crippen LogP contribution in [0.25, 0.3) is 0 Å². The van der Waals surface area contributed by atoms with E-state index in [0.717, 1.165) is 12.0 Å². The highest BCUT2D eigenvalue weighted by Gasteiger charge is 2.26. The summed E-state index contributed by atoms with van der Waals surface area (Å²) in [5.74, 6) is 0.293. The Morgan fingerprint density at radius 2 is 2.09 bits per heavy atom. The number of amides is 2. The molecule has 0 bridgehead atoms. The first-order valence-electron chi connectivity index (χ1n) is 8.41. The number of rotatable bonds is 5. The maximum Gasteiger partial charge on any atom is 0.318 e. The predicted octanol–water partition coefficient (Wildman–Crippen LogP) is 2.35. The molecular weight excluding hydrogens is 292 g/mol. The van der Waals surface area contributed by atoms with Crippen molar-refractivity contribution in [3.8, 4) is 0 Å². The van der Waals surface area contributed by atoms with Crippen molar-refractivity contribution in [3.05, 3.63) is 35.4 Å². The molecule has 1 aliphatic heterocycles. The van der Waals surface area contributed by atoms with Gasteiger partial charge in [-0.2, -0.15) is 0 Å². The first-order valence-corrected chi connectivity index (χ1v) is 8.41. The number of benzene rings is 1. The maximum atomic E-state index is 12.5. The van der Waals surface area contributed by atoms with Crippen LogP contribution in [-0.4, -0.2) is 48.4 Å². The Kier molecular flexibility index (Phi) is 6.42. The van der Waals surface area contributed by atoms with E-state index in [9.17, 15) is 9.90 Å². The van der Waals surface area contributed by atoms with Crippen molar-refractivity contribution >= 4 is 6.03 Å². The summed E-state index contributed by atoms with van der Waals surface area (Å²) >= 11 is 0. The van der Waals surface area contributed by atoms with Gasteiger partial charge < -0.3 is 20.1 Å². The number of aryl methyl sites for hydroxylation is 1. The predicted molar refractivity (Wildman–Crippen MR) is 90.3 cm³/mol. The Bertz CT molecular complexity index is 501. The molecule has 2 rings (SSSR count). The minimum absolute atomic E-state index is 0.0242. The molecule has 1 aromatic rings. The summed E-state index contributed by atoms with van der Waals surface area (Å²) in [6.07, 6.45) is 0.728. The van der Waals surface area contributed by atoms with Gasteiger partial charge in [0, 0.05) is 6.54 Å². The highest BCUT2D eigenvalue weighted by molar-refractivity contribution is 5.75. The molecular formula is C18H28N2O3. The fraction of sp³-hybridized carbons (Fsp3) is 0.611. The molecule has 5 nitrogen and oxygen atoms in total. The lowest BCUT2D eigenvalue weighted by Crippen LogP contribution is -2.51. The zero-order valence-electron chi connectivity index (χ0n) is 14.3. The lowest BCUT2D eigenvalue weighted by Gasteiger charge is -2.34. The molecule has 5 heteroatoms. The molecule has 2 amide bonds. The number of aliphatic hydroxyl groups excluding tert-OH is 1. The largest absolute Gasteiger partial charge is 0.394 e. The molecule has 1 heterocycles. The van der Waals surface area contributed by atoms with Crippen molar-refractivity contribution in [3.63, 3.8) is 0 Å². The Morgan fingerprint density at radius 1 is 1.39 bits per heavy atom. The average Bonchev–Trinajstić information content (AvgIpc) is 2.59. The zero-order chi connectivity index (χ0) is 16.8. The minimum Gasteiger partial charge on any atom is -0.394 e. The van der Waals surface area contributed by atoms with Crippen molar-refractivity contribution < 1.29 is 14.6 Å². The second-order valence-electron chi connectivity index (χ2n) is 6.39. The Labute approximate surface area is 138 Å². The first kappa shape index (κ1) is 17.8. The Morgan fingerprint density at radius 3 is 2.65 bits per heavy atom. The highest BCUT2D eigenvalue weighted by Crippen LogP contribution is 2.23. The van der Waals surface area contributed by atoms with Gasteiger partial charge in [-0.05, 0) is 23.5 Å². The van der Waals surface area contributed by atoms with Crippen LogP contribution in [0.2, 0.25) is 0 Å².